The van der Waals surface area contributed by atoms with Crippen molar-refractivity contribution in [3.63, 3.8) is 0 Å². The number of benzene rings is 2. The molecule has 3 nitrogen and oxygen atoms in total. The molecule has 0 bridgehead atoms. The topological polar surface area (TPSA) is 44.1 Å². The van der Waals surface area contributed by atoms with Crippen molar-refractivity contribution in [3.05, 3.63) is 59.7 Å². The summed E-state index contributed by atoms with van der Waals surface area (Å²) in [7, 11) is 3.97. The van der Waals surface area contributed by atoms with Gasteiger partial charge in [0.25, 0.3) is 0 Å². The first-order valence-electron chi connectivity index (χ1n) is 9.04. The number of para-hydroxylation sites is 1. The number of carbonyl (C=O) groups is 1. The maximum absolute atomic E-state index is 12.7. The van der Waals surface area contributed by atoms with E-state index in [1.807, 2.05) is 37.2 Å². The molecule has 0 saturated heterocycles. The molecule has 2 atom stereocenters. The zero-order chi connectivity index (χ0) is 18.5. The molecule has 1 aliphatic carbocycles. The van der Waals surface area contributed by atoms with Gasteiger partial charge in [-0.1, -0.05) is 0 Å². The van der Waals surface area contributed by atoms with Crippen LogP contribution in [0.2, 0.25) is 4.82 Å². The SMILES string of the molecule is CN(C)c1c(C#N)cccc1CC1CCCC(=O)C1[Se]c1ccccc1. The van der Waals surface area contributed by atoms with Gasteiger partial charge in [0.15, 0.2) is 0 Å². The van der Waals surface area contributed by atoms with Crippen molar-refractivity contribution in [1.29, 1.82) is 5.26 Å². The van der Waals surface area contributed by atoms with E-state index in [-0.39, 0.29) is 19.8 Å². The molecule has 2 unspecified atom stereocenters. The number of hydrogen-bond donors (Lipinski definition) is 0. The van der Waals surface area contributed by atoms with Crippen LogP contribution in [-0.2, 0) is 11.2 Å². The summed E-state index contributed by atoms with van der Waals surface area (Å²) in [6.07, 6.45) is 3.66. The molecule has 1 saturated carbocycles. The Bertz CT molecular complexity index is 811. The predicted molar refractivity (Wildman–Crippen MR) is 107 cm³/mol. The summed E-state index contributed by atoms with van der Waals surface area (Å²) < 4.78 is 1.30. The first-order valence-corrected chi connectivity index (χ1v) is 10.9. The van der Waals surface area contributed by atoms with Crippen LogP contribution < -0.4 is 9.36 Å². The molecule has 2 aromatic carbocycles. The Hall–Kier alpha value is -2.08. The van der Waals surface area contributed by atoms with Gasteiger partial charge in [0.2, 0.25) is 0 Å². The molecule has 1 aliphatic rings. The molecule has 0 radical (unpaired) electrons. The number of carbonyl (C=O) groups excluding carboxylic acids is 1. The number of ketones is 1. The summed E-state index contributed by atoms with van der Waals surface area (Å²) >= 11 is 0.161. The Morgan fingerprint density at radius 3 is 2.62 bits per heavy atom. The summed E-state index contributed by atoms with van der Waals surface area (Å²) in [5.41, 5.74) is 2.89. The van der Waals surface area contributed by atoms with Gasteiger partial charge in [0.05, 0.1) is 0 Å². The zero-order valence-corrected chi connectivity index (χ0v) is 17.0. The summed E-state index contributed by atoms with van der Waals surface area (Å²) in [6.45, 7) is 0. The summed E-state index contributed by atoms with van der Waals surface area (Å²) in [5.74, 6) is 0.789. The van der Waals surface area contributed by atoms with Crippen LogP contribution in [0.5, 0.6) is 0 Å². The molecule has 0 N–H and O–H groups in total. The third-order valence-corrected chi connectivity index (χ3v) is 7.95. The molecule has 0 aromatic heterocycles. The van der Waals surface area contributed by atoms with E-state index in [9.17, 15) is 10.1 Å². The number of hydrogen-bond acceptors (Lipinski definition) is 3. The Morgan fingerprint density at radius 2 is 1.92 bits per heavy atom. The van der Waals surface area contributed by atoms with Crippen LogP contribution in [0.1, 0.15) is 30.4 Å². The fraction of sp³-hybridized carbons (Fsp3) is 0.364. The van der Waals surface area contributed by atoms with Gasteiger partial charge in [0.1, 0.15) is 0 Å². The molecule has 3 rings (SSSR count). The van der Waals surface area contributed by atoms with Crippen LogP contribution in [0, 0.1) is 17.2 Å². The summed E-state index contributed by atoms with van der Waals surface area (Å²) in [6, 6.07) is 18.7. The Morgan fingerprint density at radius 1 is 1.15 bits per heavy atom. The molecule has 2 aromatic rings. The second-order valence-electron chi connectivity index (χ2n) is 6.99. The fourth-order valence-electron chi connectivity index (χ4n) is 3.77. The van der Waals surface area contributed by atoms with Crippen LogP contribution in [0.15, 0.2) is 48.5 Å². The molecule has 134 valence electrons. The quantitative estimate of drug-likeness (QED) is 0.709. The average Bonchev–Trinajstić information content (AvgIpc) is 2.65. The second kappa shape index (κ2) is 8.54. The Balaban J connectivity index is 1.87. The van der Waals surface area contributed by atoms with Gasteiger partial charge in [-0.3, -0.25) is 0 Å². The maximum atomic E-state index is 12.7. The number of nitrogens with zero attached hydrogens (tertiary/aromatic N) is 2. The van der Waals surface area contributed by atoms with Crippen molar-refractivity contribution in [2.45, 2.75) is 30.5 Å². The molecular formula is C22H24N2OSe. The van der Waals surface area contributed by atoms with E-state index in [4.69, 9.17) is 0 Å². The third-order valence-electron chi connectivity index (χ3n) is 4.92. The molecular weight excluding hydrogens is 387 g/mol. The summed E-state index contributed by atoms with van der Waals surface area (Å²) in [4.78, 5) is 14.9. The van der Waals surface area contributed by atoms with Crippen LogP contribution in [0.3, 0.4) is 0 Å². The molecule has 0 spiro atoms. The molecule has 26 heavy (non-hydrogen) atoms. The Kier molecular flexibility index (Phi) is 6.14. The fourth-order valence-corrected chi connectivity index (χ4v) is 6.46. The van der Waals surface area contributed by atoms with Crippen molar-refractivity contribution >= 4 is 30.9 Å². The molecule has 4 heteroatoms. The van der Waals surface area contributed by atoms with Gasteiger partial charge >= 0.3 is 162 Å². The standard InChI is InChI=1S/C22H24N2OSe/c1-24(2)21-16(8-6-10-18(21)15-23)14-17-9-7-13-20(25)22(17)26-19-11-4-3-5-12-19/h3-6,8,10-12,17,22H,7,9,13-14H2,1-2H3. The molecule has 0 aliphatic heterocycles. The van der Waals surface area contributed by atoms with Crippen LogP contribution in [-0.4, -0.2) is 34.8 Å². The molecule has 1 fully saturated rings. The van der Waals surface area contributed by atoms with Crippen molar-refractivity contribution in [3.8, 4) is 6.07 Å². The van der Waals surface area contributed by atoms with Gasteiger partial charge in [-0.25, -0.2) is 0 Å². The van der Waals surface area contributed by atoms with Crippen LogP contribution in [0.4, 0.5) is 5.69 Å². The number of Topliss-reactive ketones (excluding diaryl/α,β-unsaturated/α-hetero) is 1. The van der Waals surface area contributed by atoms with E-state index >= 15 is 0 Å². The van der Waals surface area contributed by atoms with Gasteiger partial charge in [-0.15, -0.1) is 0 Å². The predicted octanol–water partition coefficient (Wildman–Crippen LogP) is 3.35. The Labute approximate surface area is 162 Å². The number of anilines is 1. The van der Waals surface area contributed by atoms with Gasteiger partial charge in [-0.2, -0.15) is 0 Å². The zero-order valence-electron chi connectivity index (χ0n) is 15.3. The van der Waals surface area contributed by atoms with Crippen molar-refractivity contribution in [1.82, 2.24) is 0 Å². The first kappa shape index (κ1) is 18.7. The average molecular weight is 411 g/mol. The minimum atomic E-state index is 0.138. The van der Waals surface area contributed by atoms with E-state index < -0.39 is 0 Å². The minimum absolute atomic E-state index is 0.138. The monoisotopic (exact) mass is 412 g/mol. The van der Waals surface area contributed by atoms with Gasteiger partial charge < -0.3 is 0 Å². The van der Waals surface area contributed by atoms with Crippen LogP contribution in [0.25, 0.3) is 0 Å². The van der Waals surface area contributed by atoms with Crippen molar-refractivity contribution in [2.24, 2.45) is 5.92 Å². The van der Waals surface area contributed by atoms with Gasteiger partial charge in [0, 0.05) is 0 Å². The normalized spacial score (nSPS) is 19.8. The van der Waals surface area contributed by atoms with E-state index in [1.165, 1.54) is 10.0 Å². The van der Waals surface area contributed by atoms with E-state index in [2.05, 4.69) is 36.4 Å². The third kappa shape index (κ3) is 4.18. The first-order chi connectivity index (χ1) is 12.6. The summed E-state index contributed by atoms with van der Waals surface area (Å²) in [5, 5.41) is 9.46. The van der Waals surface area contributed by atoms with Crippen LogP contribution >= 0.6 is 0 Å². The van der Waals surface area contributed by atoms with Gasteiger partial charge in [-0.05, 0) is 0 Å². The molecule has 0 amide bonds. The van der Waals surface area contributed by atoms with Crippen molar-refractivity contribution in [2.75, 3.05) is 19.0 Å². The van der Waals surface area contributed by atoms with Crippen molar-refractivity contribution < 1.29 is 4.79 Å². The molecule has 0 heterocycles. The van der Waals surface area contributed by atoms with E-state index in [1.54, 1.807) is 0 Å². The number of rotatable bonds is 5. The van der Waals surface area contributed by atoms with E-state index in [0.29, 0.717) is 23.7 Å². The second-order valence-corrected chi connectivity index (χ2v) is 9.54. The van der Waals surface area contributed by atoms with E-state index in [0.717, 1.165) is 24.9 Å². The number of nitriles is 1.